The van der Waals surface area contributed by atoms with Gasteiger partial charge in [0.15, 0.2) is 28.8 Å². The smallest absolute Gasteiger partial charge is 0.286 e. The third kappa shape index (κ3) is 9.81. The number of carbonyl (C=O) groups excluding carboxylic acids is 2. The van der Waals surface area contributed by atoms with Gasteiger partial charge in [0.1, 0.15) is 11.5 Å². The number of nitrogens with one attached hydrogen (secondary N) is 2. The maximum absolute atomic E-state index is 12.3. The van der Waals surface area contributed by atoms with E-state index in [1.165, 1.54) is 44.6 Å². The highest BCUT2D eigenvalue weighted by atomic mass is 16.5. The molecule has 0 saturated heterocycles. The maximum atomic E-state index is 12.3. The minimum absolute atomic E-state index is 0.0341. The Labute approximate surface area is 267 Å². The number of aliphatic hydroxyl groups is 1. The fourth-order valence-electron chi connectivity index (χ4n) is 4.36. The number of benzene rings is 4. The third-order valence-corrected chi connectivity index (χ3v) is 6.87. The van der Waals surface area contributed by atoms with Gasteiger partial charge in [0.05, 0.1) is 14.2 Å². The van der Waals surface area contributed by atoms with Crippen LogP contribution >= 0.6 is 0 Å². The minimum atomic E-state index is -0.610. The molecule has 10 heteroatoms. The molecule has 2 amide bonds. The zero-order valence-corrected chi connectivity index (χ0v) is 25.5. The molecule has 0 aliphatic rings. The van der Waals surface area contributed by atoms with Crippen LogP contribution in [0.2, 0.25) is 0 Å². The van der Waals surface area contributed by atoms with Crippen LogP contribution in [0.3, 0.4) is 0 Å². The molecular weight excluding hydrogens is 588 g/mol. The number of aromatic hydroxyl groups is 2. The van der Waals surface area contributed by atoms with Gasteiger partial charge >= 0.3 is 0 Å². The molecule has 0 aromatic heterocycles. The molecule has 0 saturated carbocycles. The molecule has 0 aliphatic carbocycles. The molecule has 0 fully saturated rings. The van der Waals surface area contributed by atoms with Crippen molar-refractivity contribution < 1.29 is 39.1 Å². The Morgan fingerprint density at radius 1 is 0.696 bits per heavy atom. The van der Waals surface area contributed by atoms with E-state index in [2.05, 4.69) is 10.6 Å². The summed E-state index contributed by atoms with van der Waals surface area (Å²) in [6, 6.07) is 24.5. The van der Waals surface area contributed by atoms with Crippen molar-refractivity contribution in [1.29, 1.82) is 0 Å². The molecule has 4 rings (SSSR count). The lowest BCUT2D eigenvalue weighted by atomic mass is 10.1. The summed E-state index contributed by atoms with van der Waals surface area (Å²) in [7, 11) is 2.88. The number of amides is 2. The van der Waals surface area contributed by atoms with Crippen LogP contribution in [0.5, 0.6) is 34.5 Å². The third-order valence-electron chi connectivity index (χ3n) is 6.87. The monoisotopic (exact) mass is 624 g/mol. The van der Waals surface area contributed by atoms with Gasteiger partial charge < -0.3 is 40.2 Å². The number of hydrogen-bond donors (Lipinski definition) is 5. The lowest BCUT2D eigenvalue weighted by Gasteiger charge is -2.09. The lowest BCUT2D eigenvalue weighted by molar-refractivity contribution is -0.119. The number of ether oxygens (including phenoxy) is 3. The SMILES string of the molecule is COc1cc(/C=C(\O)C(=O)NCCc2ccc(Oc3ccc(CCNC(=O)/C=C/c4ccc(O)c(OC)c4)cc3)cc2)ccc1O. The minimum Gasteiger partial charge on any atom is -0.504 e. The van der Waals surface area contributed by atoms with Gasteiger partial charge in [-0.2, -0.15) is 0 Å². The van der Waals surface area contributed by atoms with Crippen molar-refractivity contribution in [3.8, 4) is 34.5 Å². The first kappa shape index (κ1) is 33.0. The van der Waals surface area contributed by atoms with E-state index < -0.39 is 11.7 Å². The molecule has 0 radical (unpaired) electrons. The number of methoxy groups -OCH3 is 2. The average Bonchev–Trinajstić information content (AvgIpc) is 3.06. The maximum Gasteiger partial charge on any atom is 0.286 e. The highest BCUT2D eigenvalue weighted by Gasteiger charge is 2.09. The normalized spacial score (nSPS) is 11.2. The Morgan fingerprint density at radius 2 is 1.20 bits per heavy atom. The summed E-state index contributed by atoms with van der Waals surface area (Å²) in [5, 5.41) is 35.0. The van der Waals surface area contributed by atoms with Crippen molar-refractivity contribution in [2.75, 3.05) is 27.3 Å². The molecule has 0 bridgehead atoms. The Balaban J connectivity index is 1.17. The summed E-state index contributed by atoms with van der Waals surface area (Å²) in [5.41, 5.74) is 3.27. The van der Waals surface area contributed by atoms with Crippen molar-refractivity contribution in [3.05, 3.63) is 119 Å². The summed E-state index contributed by atoms with van der Waals surface area (Å²) in [6.45, 7) is 0.787. The Hall–Kier alpha value is -5.90. The van der Waals surface area contributed by atoms with Crippen molar-refractivity contribution in [2.45, 2.75) is 12.8 Å². The van der Waals surface area contributed by atoms with E-state index >= 15 is 0 Å². The molecule has 5 N–H and O–H groups in total. The first-order valence-corrected chi connectivity index (χ1v) is 14.5. The van der Waals surface area contributed by atoms with Crippen molar-refractivity contribution >= 4 is 24.0 Å². The van der Waals surface area contributed by atoms with Crippen molar-refractivity contribution in [2.24, 2.45) is 0 Å². The first-order valence-electron chi connectivity index (χ1n) is 14.5. The second-order valence-electron chi connectivity index (χ2n) is 10.2. The highest BCUT2D eigenvalue weighted by molar-refractivity contribution is 5.95. The zero-order chi connectivity index (χ0) is 32.9. The number of carbonyl (C=O) groups is 2. The van der Waals surface area contributed by atoms with E-state index in [1.807, 2.05) is 48.5 Å². The van der Waals surface area contributed by atoms with E-state index in [1.54, 1.807) is 24.3 Å². The van der Waals surface area contributed by atoms with Crippen LogP contribution < -0.4 is 24.8 Å². The molecule has 0 heterocycles. The van der Waals surface area contributed by atoms with E-state index in [4.69, 9.17) is 14.2 Å². The molecule has 4 aromatic rings. The Kier molecular flexibility index (Phi) is 11.7. The molecule has 10 nitrogen and oxygen atoms in total. The summed E-state index contributed by atoms with van der Waals surface area (Å²) in [4.78, 5) is 24.4. The van der Waals surface area contributed by atoms with Gasteiger partial charge in [-0.3, -0.25) is 9.59 Å². The second kappa shape index (κ2) is 16.2. The van der Waals surface area contributed by atoms with Crippen molar-refractivity contribution in [1.82, 2.24) is 10.6 Å². The Morgan fingerprint density at radius 3 is 1.74 bits per heavy atom. The molecule has 0 unspecified atom stereocenters. The number of rotatable bonds is 14. The first-order chi connectivity index (χ1) is 22.2. The number of aliphatic hydroxyl groups excluding tert-OH is 1. The quantitative estimate of drug-likeness (QED) is 0.0909. The molecular formula is C36H36N2O8. The summed E-state index contributed by atoms with van der Waals surface area (Å²) in [6.07, 6.45) is 5.59. The van der Waals surface area contributed by atoms with E-state index in [0.717, 1.165) is 16.7 Å². The lowest BCUT2D eigenvalue weighted by Crippen LogP contribution is -2.27. The van der Waals surface area contributed by atoms with Gasteiger partial charge in [-0.15, -0.1) is 0 Å². The molecule has 238 valence electrons. The summed E-state index contributed by atoms with van der Waals surface area (Å²) >= 11 is 0. The van der Waals surface area contributed by atoms with Gasteiger partial charge in [-0.05, 0) is 95.8 Å². The van der Waals surface area contributed by atoms with Crippen LogP contribution in [-0.4, -0.2) is 54.4 Å². The number of phenolic OH excluding ortho intramolecular Hbond substituents is 2. The van der Waals surface area contributed by atoms with E-state index in [9.17, 15) is 24.9 Å². The molecule has 46 heavy (non-hydrogen) atoms. The predicted molar refractivity (Wildman–Crippen MR) is 175 cm³/mol. The standard InChI is InChI=1S/C36H36N2O8/c1-44-33-22-26(7-14-30(33)39)9-16-35(42)37-19-17-24-3-10-28(11-4-24)46-29-12-5-25(6-13-29)18-20-38-36(43)32(41)21-27-8-15-31(40)34(23-27)45-2/h3-16,21-23,39-41H,17-20H2,1-2H3,(H,37,42)(H,38,43)/b16-9+,32-21-. The topological polar surface area (TPSA) is 147 Å². The van der Waals surface area contributed by atoms with Crippen LogP contribution in [0.25, 0.3) is 12.2 Å². The van der Waals surface area contributed by atoms with Crippen LogP contribution in [0, 0.1) is 0 Å². The summed E-state index contributed by atoms with van der Waals surface area (Å²) < 4.78 is 16.1. The molecule has 0 spiro atoms. The Bertz CT molecular complexity index is 1700. The van der Waals surface area contributed by atoms with Crippen LogP contribution in [0.15, 0.2) is 96.8 Å². The fourth-order valence-corrected chi connectivity index (χ4v) is 4.36. The van der Waals surface area contributed by atoms with Gasteiger partial charge in [-0.1, -0.05) is 36.4 Å². The zero-order valence-electron chi connectivity index (χ0n) is 25.5. The van der Waals surface area contributed by atoms with E-state index in [0.29, 0.717) is 48.7 Å². The molecule has 0 atom stereocenters. The van der Waals surface area contributed by atoms with Crippen molar-refractivity contribution in [3.63, 3.8) is 0 Å². The van der Waals surface area contributed by atoms with Gasteiger partial charge in [-0.25, -0.2) is 0 Å². The van der Waals surface area contributed by atoms with Gasteiger partial charge in [0.2, 0.25) is 5.91 Å². The average molecular weight is 625 g/mol. The van der Waals surface area contributed by atoms with E-state index in [-0.39, 0.29) is 23.2 Å². The number of hydrogen-bond acceptors (Lipinski definition) is 8. The van der Waals surface area contributed by atoms with Gasteiger partial charge in [0.25, 0.3) is 5.91 Å². The van der Waals surface area contributed by atoms with Gasteiger partial charge in [0, 0.05) is 19.2 Å². The number of phenols is 2. The molecule has 0 aliphatic heterocycles. The largest absolute Gasteiger partial charge is 0.504 e. The van der Waals surface area contributed by atoms with Crippen LogP contribution in [-0.2, 0) is 22.4 Å². The van der Waals surface area contributed by atoms with Crippen LogP contribution in [0.4, 0.5) is 0 Å². The highest BCUT2D eigenvalue weighted by Crippen LogP contribution is 2.28. The molecule has 4 aromatic carbocycles. The predicted octanol–water partition coefficient (Wildman–Crippen LogP) is 5.54. The second-order valence-corrected chi connectivity index (χ2v) is 10.2. The summed E-state index contributed by atoms with van der Waals surface area (Å²) in [5.74, 6) is 0.640. The fraction of sp³-hybridized carbons (Fsp3) is 0.167. The van der Waals surface area contributed by atoms with Crippen LogP contribution in [0.1, 0.15) is 22.3 Å².